The molecule has 1 spiro atoms. The first-order chi connectivity index (χ1) is 35.2. The number of piperidine rings is 5. The van der Waals surface area contributed by atoms with Gasteiger partial charge in [0.25, 0.3) is 0 Å². The topological polar surface area (TPSA) is 169 Å². The number of pyridine rings is 2. The van der Waals surface area contributed by atoms with Crippen LogP contribution in [0.4, 0.5) is 17.3 Å². The van der Waals surface area contributed by atoms with Crippen molar-refractivity contribution in [2.24, 2.45) is 10.8 Å². The van der Waals surface area contributed by atoms with Crippen LogP contribution in [0.1, 0.15) is 147 Å². The first-order valence-electron chi connectivity index (χ1n) is 27.7. The molecule has 1 atom stereocenters. The predicted molar refractivity (Wildman–Crippen MR) is 280 cm³/mol. The van der Waals surface area contributed by atoms with Crippen molar-refractivity contribution in [2.45, 2.75) is 160 Å². The first-order valence-corrected chi connectivity index (χ1v) is 27.7. The quantitative estimate of drug-likeness (QED) is 0.153. The zero-order valence-electron chi connectivity index (χ0n) is 43.3. The standard InChI is InChI=1S/C57H73N11O5/c1-36(2)67-35-59-45-33-44(61-50(49(45)67)60-39-10-11-39)37-8-13-43-46(30-37)68(41-31-40(32-41)63-22-6-5-7-23-63)54(73)57(43)20-28-66(29-21-57)53(72)56(4)18-26-65(27-19-56)52(71)55(3)16-24-64(25-17-55)47-14-9-38(34-58-47)42-12-15-48(69)62-51(42)70/h8-9,13-14,30,33-36,39-42H,5-7,10-12,15-29,31-32H2,1-4H3,(H,60,61)(H,62,69,70)/t40-,41+,42?. The number of carbonyl (C=O) groups is 5. The van der Waals surface area contributed by atoms with Gasteiger partial charge in [-0.1, -0.05) is 38.5 Å². The van der Waals surface area contributed by atoms with Crippen LogP contribution in [0.3, 0.4) is 0 Å². The van der Waals surface area contributed by atoms with Crippen LogP contribution >= 0.6 is 0 Å². The number of imidazole rings is 1. The average Bonchev–Trinajstić information content (AvgIpc) is 4.06. The van der Waals surface area contributed by atoms with E-state index < -0.39 is 16.2 Å². The molecule has 7 fully saturated rings. The molecule has 1 aromatic carbocycles. The maximum absolute atomic E-state index is 15.3. The third-order valence-corrected chi connectivity index (χ3v) is 18.8. The molecule has 8 aliphatic rings. The summed E-state index contributed by atoms with van der Waals surface area (Å²) in [6.45, 7) is 14.3. The molecular weight excluding hydrogens is 919 g/mol. The monoisotopic (exact) mass is 992 g/mol. The lowest BCUT2D eigenvalue weighted by atomic mass is 9.72. The van der Waals surface area contributed by atoms with Gasteiger partial charge in [-0.2, -0.15) is 0 Å². The number of carbonyl (C=O) groups excluding carboxylic acids is 5. The zero-order valence-corrected chi connectivity index (χ0v) is 43.3. The Hall–Kier alpha value is -5.90. The van der Waals surface area contributed by atoms with Gasteiger partial charge in [-0.3, -0.25) is 29.3 Å². The molecule has 386 valence electrons. The molecule has 1 unspecified atom stereocenters. The number of hydrogen-bond acceptors (Lipinski definition) is 11. The number of rotatable bonds is 10. The van der Waals surface area contributed by atoms with E-state index in [0.717, 1.165) is 89.5 Å². The number of fused-ring (bicyclic) bond motifs is 3. The summed E-state index contributed by atoms with van der Waals surface area (Å²) >= 11 is 0. The van der Waals surface area contributed by atoms with Crippen molar-refractivity contribution < 1.29 is 24.0 Å². The Morgan fingerprint density at radius 3 is 2.05 bits per heavy atom. The summed E-state index contributed by atoms with van der Waals surface area (Å²) < 4.78 is 2.20. The van der Waals surface area contributed by atoms with E-state index in [1.54, 1.807) is 6.20 Å². The number of nitrogens with zero attached hydrogens (tertiary/aromatic N) is 9. The van der Waals surface area contributed by atoms with Gasteiger partial charge in [0.15, 0.2) is 5.82 Å². The number of imide groups is 1. The van der Waals surface area contributed by atoms with Gasteiger partial charge in [0.2, 0.25) is 29.5 Å². The van der Waals surface area contributed by atoms with Crippen molar-refractivity contribution in [3.8, 4) is 11.3 Å². The number of anilines is 3. The van der Waals surface area contributed by atoms with E-state index in [4.69, 9.17) is 15.0 Å². The molecule has 5 saturated heterocycles. The first kappa shape index (κ1) is 48.1. The van der Waals surface area contributed by atoms with Gasteiger partial charge in [-0.05, 0) is 140 Å². The van der Waals surface area contributed by atoms with E-state index in [-0.39, 0.29) is 47.5 Å². The largest absolute Gasteiger partial charge is 0.366 e. The highest BCUT2D eigenvalue weighted by Crippen LogP contribution is 2.53. The smallest absolute Gasteiger partial charge is 0.238 e. The molecule has 2 N–H and O–H groups in total. The van der Waals surface area contributed by atoms with Gasteiger partial charge < -0.3 is 34.4 Å². The Balaban J connectivity index is 0.712. The van der Waals surface area contributed by atoms with Crippen LogP contribution in [-0.4, -0.2) is 134 Å². The summed E-state index contributed by atoms with van der Waals surface area (Å²) in [7, 11) is 0. The van der Waals surface area contributed by atoms with Crippen LogP contribution in [0, 0.1) is 10.8 Å². The summed E-state index contributed by atoms with van der Waals surface area (Å²) in [5.41, 5.74) is 4.91. The van der Waals surface area contributed by atoms with Gasteiger partial charge in [0.05, 0.1) is 28.9 Å². The minimum Gasteiger partial charge on any atom is -0.366 e. The molecule has 6 aliphatic heterocycles. The molecule has 2 aliphatic carbocycles. The van der Waals surface area contributed by atoms with Gasteiger partial charge in [-0.25, -0.2) is 15.0 Å². The lowest BCUT2D eigenvalue weighted by molar-refractivity contribution is -0.152. The van der Waals surface area contributed by atoms with E-state index in [2.05, 4.69) is 81.9 Å². The Labute approximate surface area is 429 Å². The molecule has 2 saturated carbocycles. The van der Waals surface area contributed by atoms with Crippen molar-refractivity contribution in [3.05, 3.63) is 60.0 Å². The fourth-order valence-corrected chi connectivity index (χ4v) is 13.6. The highest BCUT2D eigenvalue weighted by molar-refractivity contribution is 6.09. The molecule has 16 heteroatoms. The van der Waals surface area contributed by atoms with E-state index in [9.17, 15) is 19.2 Å². The van der Waals surface area contributed by atoms with Crippen LogP contribution in [0.25, 0.3) is 22.3 Å². The van der Waals surface area contributed by atoms with Crippen LogP contribution in [0.15, 0.2) is 48.9 Å². The van der Waals surface area contributed by atoms with Crippen molar-refractivity contribution in [2.75, 3.05) is 67.5 Å². The maximum Gasteiger partial charge on any atom is 0.238 e. The number of likely N-dealkylation sites (tertiary alicyclic amines) is 3. The molecule has 16 nitrogen and oxygen atoms in total. The Morgan fingerprint density at radius 1 is 0.753 bits per heavy atom. The third kappa shape index (κ3) is 8.56. The normalized spacial score (nSPS) is 26.0. The van der Waals surface area contributed by atoms with Crippen LogP contribution in [-0.2, 0) is 29.4 Å². The van der Waals surface area contributed by atoms with Crippen molar-refractivity contribution in [1.82, 2.24) is 39.5 Å². The molecule has 73 heavy (non-hydrogen) atoms. The molecule has 12 rings (SSSR count). The van der Waals surface area contributed by atoms with Crippen LogP contribution in [0.5, 0.6) is 0 Å². The minimum atomic E-state index is -0.690. The number of hydrogen-bond donors (Lipinski definition) is 2. The number of benzene rings is 1. The van der Waals surface area contributed by atoms with E-state index in [1.165, 1.54) is 19.3 Å². The van der Waals surface area contributed by atoms with E-state index in [1.807, 2.05) is 28.3 Å². The fourth-order valence-electron chi connectivity index (χ4n) is 13.6. The van der Waals surface area contributed by atoms with Crippen LogP contribution < -0.4 is 20.4 Å². The van der Waals surface area contributed by atoms with Gasteiger partial charge >= 0.3 is 0 Å². The van der Waals surface area contributed by atoms with Gasteiger partial charge in [0, 0.05) is 98.1 Å². The molecule has 9 heterocycles. The predicted octanol–water partition coefficient (Wildman–Crippen LogP) is 7.33. The average molecular weight is 992 g/mol. The molecule has 3 aromatic heterocycles. The van der Waals surface area contributed by atoms with E-state index >= 15 is 4.79 Å². The number of nitrogens with one attached hydrogen (secondary N) is 2. The minimum absolute atomic E-state index is 0.140. The molecule has 0 radical (unpaired) electrons. The van der Waals surface area contributed by atoms with Crippen LogP contribution in [0.2, 0.25) is 0 Å². The lowest BCUT2D eigenvalue weighted by Crippen LogP contribution is -2.59. The highest BCUT2D eigenvalue weighted by Gasteiger charge is 2.57. The molecule has 0 bridgehead atoms. The van der Waals surface area contributed by atoms with Crippen molar-refractivity contribution >= 4 is 57.9 Å². The Morgan fingerprint density at radius 2 is 1.42 bits per heavy atom. The summed E-state index contributed by atoms with van der Waals surface area (Å²) in [5, 5.41) is 6.14. The Kier molecular flexibility index (Phi) is 12.2. The second-order valence-corrected chi connectivity index (χ2v) is 23.9. The SMILES string of the molecule is CC(C)n1cnc2cc(-c3ccc4c(c3)N([C@H]3C[C@@H](N5CCCCC5)C3)C(=O)C43CCN(C(=O)C4(C)CCN(C(=O)C5(C)CCN(c6ccc(C7CCC(=O)NC7=O)cn6)CC5)CC4)CC3)nc(NC3CC3)c21. The molecule has 4 aromatic rings. The fraction of sp³-hybridized carbons (Fsp3) is 0.614. The highest BCUT2D eigenvalue weighted by atomic mass is 16.2. The maximum atomic E-state index is 15.3. The summed E-state index contributed by atoms with van der Waals surface area (Å²) in [6.07, 6.45) is 16.3. The van der Waals surface area contributed by atoms with Crippen molar-refractivity contribution in [1.29, 1.82) is 0 Å². The summed E-state index contributed by atoms with van der Waals surface area (Å²) in [4.78, 5) is 94.2. The van der Waals surface area contributed by atoms with Gasteiger partial charge in [0.1, 0.15) is 11.3 Å². The lowest BCUT2D eigenvalue weighted by Gasteiger charge is -2.48. The zero-order chi connectivity index (χ0) is 50.4. The number of amides is 5. The third-order valence-electron chi connectivity index (χ3n) is 18.8. The molecule has 5 amide bonds. The second-order valence-electron chi connectivity index (χ2n) is 23.9. The van der Waals surface area contributed by atoms with Crippen molar-refractivity contribution in [3.63, 3.8) is 0 Å². The Bertz CT molecular complexity index is 2820. The van der Waals surface area contributed by atoms with E-state index in [0.29, 0.717) is 103 Å². The number of aromatic nitrogens is 4. The van der Waals surface area contributed by atoms with Gasteiger partial charge in [-0.15, -0.1) is 0 Å². The second kappa shape index (κ2) is 18.5. The molecular formula is C57H73N11O5. The summed E-state index contributed by atoms with van der Waals surface area (Å²) in [6, 6.07) is 13.9. The summed E-state index contributed by atoms with van der Waals surface area (Å²) in [5.74, 6) is 1.32.